The lowest BCUT2D eigenvalue weighted by Gasteiger charge is -2.32. The number of hydrogen-bond acceptors (Lipinski definition) is 10. The van der Waals surface area contributed by atoms with E-state index >= 15 is 4.39 Å². The molecule has 60 heavy (non-hydrogen) atoms. The van der Waals surface area contributed by atoms with E-state index in [0.29, 0.717) is 79.1 Å². The van der Waals surface area contributed by atoms with E-state index < -0.39 is 23.3 Å². The molecule has 2 aliphatic heterocycles. The Morgan fingerprint density at radius 1 is 0.617 bits per heavy atom. The van der Waals surface area contributed by atoms with Crippen LogP contribution < -0.4 is 15.1 Å². The van der Waals surface area contributed by atoms with Crippen molar-refractivity contribution < 1.29 is 27.0 Å². The van der Waals surface area contributed by atoms with Crippen LogP contribution in [0.3, 0.4) is 0 Å². The molecular formula is C45H41ClF4N8O2. The van der Waals surface area contributed by atoms with Crippen LogP contribution in [0, 0.1) is 51.0 Å². The predicted molar refractivity (Wildman–Crippen MR) is 227 cm³/mol. The van der Waals surface area contributed by atoms with Crippen molar-refractivity contribution in [2.45, 2.75) is 27.7 Å². The molecule has 0 bridgehead atoms. The zero-order valence-electron chi connectivity index (χ0n) is 33.4. The fourth-order valence-electron chi connectivity index (χ4n) is 7.47. The van der Waals surface area contributed by atoms with E-state index in [9.17, 15) is 13.2 Å². The number of pyridine rings is 5. The maximum atomic E-state index is 15.4. The SMILES string of the molecule is Cc1cccc(-c2nc3cc(F)cc(F)c3c(Cl)c2C)n1.Cc1cccc(-c2nc3cc(F)cc(F)c3c(Nc3cc(N4CCOCC4)cnc3N3CCOCC3)c2C)n1. The van der Waals surface area contributed by atoms with Crippen LogP contribution in [0.2, 0.25) is 5.02 Å². The van der Waals surface area contributed by atoms with E-state index in [1.165, 1.54) is 12.1 Å². The van der Waals surface area contributed by atoms with Gasteiger partial charge in [0, 0.05) is 67.4 Å². The third-order valence-electron chi connectivity index (χ3n) is 10.5. The lowest BCUT2D eigenvalue weighted by Crippen LogP contribution is -2.38. The maximum absolute atomic E-state index is 15.4. The quantitative estimate of drug-likeness (QED) is 0.163. The van der Waals surface area contributed by atoms with E-state index in [1.54, 1.807) is 13.0 Å². The average molecular weight is 837 g/mol. The van der Waals surface area contributed by atoms with Crippen LogP contribution in [-0.2, 0) is 9.47 Å². The second kappa shape index (κ2) is 17.3. The fraction of sp³-hybridized carbons (Fsp3) is 0.267. The molecule has 0 unspecified atom stereocenters. The summed E-state index contributed by atoms with van der Waals surface area (Å²) in [5.41, 5.74) is 7.90. The molecule has 0 amide bonds. The molecule has 5 aromatic heterocycles. The summed E-state index contributed by atoms with van der Waals surface area (Å²) < 4.78 is 68.2. The molecule has 0 spiro atoms. The lowest BCUT2D eigenvalue weighted by atomic mass is 10.0. The first-order valence-corrected chi connectivity index (χ1v) is 19.9. The Bertz CT molecular complexity index is 2750. The van der Waals surface area contributed by atoms with Crippen molar-refractivity contribution in [3.05, 3.63) is 124 Å². The average Bonchev–Trinajstić information content (AvgIpc) is 3.23. The van der Waals surface area contributed by atoms with Gasteiger partial charge in [0.1, 0.15) is 23.3 Å². The molecular weight excluding hydrogens is 796 g/mol. The molecule has 2 saturated heterocycles. The first kappa shape index (κ1) is 40.8. The minimum Gasteiger partial charge on any atom is -0.378 e. The van der Waals surface area contributed by atoms with E-state index in [-0.39, 0.29) is 26.8 Å². The van der Waals surface area contributed by atoms with E-state index in [0.717, 1.165) is 53.8 Å². The molecule has 7 aromatic rings. The summed E-state index contributed by atoms with van der Waals surface area (Å²) in [6.45, 7) is 12.8. The highest BCUT2D eigenvalue weighted by Gasteiger charge is 2.24. The second-order valence-electron chi connectivity index (χ2n) is 14.6. The minimum absolute atomic E-state index is 0.131. The van der Waals surface area contributed by atoms with Gasteiger partial charge in [0.15, 0.2) is 5.82 Å². The van der Waals surface area contributed by atoms with Gasteiger partial charge >= 0.3 is 0 Å². The number of aryl methyl sites for hydroxylation is 2. The van der Waals surface area contributed by atoms with Gasteiger partial charge in [0.2, 0.25) is 0 Å². The van der Waals surface area contributed by atoms with E-state index in [2.05, 4.69) is 35.1 Å². The zero-order chi connectivity index (χ0) is 42.1. The third kappa shape index (κ3) is 8.40. The molecule has 2 fully saturated rings. The van der Waals surface area contributed by atoms with Crippen molar-refractivity contribution in [1.29, 1.82) is 0 Å². The summed E-state index contributed by atoms with van der Waals surface area (Å²) in [4.78, 5) is 27.3. The van der Waals surface area contributed by atoms with Crippen LogP contribution in [0.15, 0.2) is 72.9 Å². The van der Waals surface area contributed by atoms with Gasteiger partial charge in [-0.3, -0.25) is 9.97 Å². The van der Waals surface area contributed by atoms with Gasteiger partial charge in [-0.1, -0.05) is 23.7 Å². The molecule has 0 radical (unpaired) electrons. The van der Waals surface area contributed by atoms with Crippen LogP contribution in [0.5, 0.6) is 0 Å². The predicted octanol–water partition coefficient (Wildman–Crippen LogP) is 9.85. The molecule has 15 heteroatoms. The van der Waals surface area contributed by atoms with Crippen molar-refractivity contribution in [3.63, 3.8) is 0 Å². The highest BCUT2D eigenvalue weighted by molar-refractivity contribution is 6.36. The Morgan fingerprint density at radius 2 is 1.13 bits per heavy atom. The molecule has 0 atom stereocenters. The Hall–Kier alpha value is -5.96. The highest BCUT2D eigenvalue weighted by atomic mass is 35.5. The molecule has 2 aliphatic rings. The molecule has 10 nitrogen and oxygen atoms in total. The summed E-state index contributed by atoms with van der Waals surface area (Å²) in [6, 6.07) is 17.3. The number of benzene rings is 2. The van der Waals surface area contributed by atoms with Crippen LogP contribution in [0.25, 0.3) is 44.6 Å². The number of hydrogen-bond donors (Lipinski definition) is 1. The topological polar surface area (TPSA) is 101 Å². The van der Waals surface area contributed by atoms with Crippen molar-refractivity contribution in [2.75, 3.05) is 67.7 Å². The third-order valence-corrected chi connectivity index (χ3v) is 11.0. The van der Waals surface area contributed by atoms with E-state index in [4.69, 9.17) is 26.1 Å². The smallest absolute Gasteiger partial charge is 0.152 e. The number of ether oxygens (including phenoxy) is 2. The standard InChI is InChI=1S/C29H30F2N6O2.C16H11ClF2N2/c1-18-4-3-5-23(33-18)27-19(2)28(26-22(31)14-20(30)15-24(26)34-27)35-25-16-21(36-6-10-38-11-7-36)17-32-29(25)37-8-12-39-13-9-37;1-8-4-3-5-12(20-8)16-9(2)15(17)14-11(19)6-10(18)7-13(14)21-16/h3-5,14-17H,6-13H2,1-2H3,(H,34,35);3-7H,1-2H3. The number of aromatic nitrogens is 5. The van der Waals surface area contributed by atoms with Crippen molar-refractivity contribution >= 4 is 56.3 Å². The largest absolute Gasteiger partial charge is 0.378 e. The first-order valence-electron chi connectivity index (χ1n) is 19.5. The normalized spacial score (nSPS) is 14.3. The monoisotopic (exact) mass is 836 g/mol. The van der Waals surface area contributed by atoms with Gasteiger partial charge in [-0.2, -0.15) is 0 Å². The van der Waals surface area contributed by atoms with Crippen molar-refractivity contribution in [3.8, 4) is 22.8 Å². The minimum atomic E-state index is -0.714. The molecule has 0 aliphatic carbocycles. The summed E-state index contributed by atoms with van der Waals surface area (Å²) in [6.07, 6.45) is 1.87. The second-order valence-corrected chi connectivity index (χ2v) is 15.0. The first-order chi connectivity index (χ1) is 28.9. The van der Waals surface area contributed by atoms with Crippen molar-refractivity contribution in [2.24, 2.45) is 0 Å². The molecule has 1 N–H and O–H groups in total. The van der Waals surface area contributed by atoms with Gasteiger partial charge < -0.3 is 24.6 Å². The number of fused-ring (bicyclic) bond motifs is 2. The van der Waals surface area contributed by atoms with Gasteiger partial charge in [-0.25, -0.2) is 32.5 Å². The van der Waals surface area contributed by atoms with Crippen LogP contribution in [0.4, 0.5) is 40.4 Å². The number of rotatable bonds is 6. The van der Waals surface area contributed by atoms with Gasteiger partial charge in [0.25, 0.3) is 0 Å². The number of morpholine rings is 2. The van der Waals surface area contributed by atoms with Gasteiger partial charge in [-0.05, 0) is 63.6 Å². The van der Waals surface area contributed by atoms with Gasteiger partial charge in [-0.15, -0.1) is 0 Å². The molecule has 0 saturated carbocycles. The summed E-state index contributed by atoms with van der Waals surface area (Å²) in [7, 11) is 0. The van der Waals surface area contributed by atoms with E-state index in [1.807, 2.05) is 63.4 Å². The van der Waals surface area contributed by atoms with Crippen molar-refractivity contribution in [1.82, 2.24) is 24.9 Å². The molecule has 7 heterocycles. The molecule has 308 valence electrons. The molecule has 9 rings (SSSR count). The maximum Gasteiger partial charge on any atom is 0.152 e. The number of nitrogens with zero attached hydrogens (tertiary/aromatic N) is 7. The lowest BCUT2D eigenvalue weighted by molar-refractivity contribution is 0.122. The number of anilines is 4. The van der Waals surface area contributed by atoms with Crippen LogP contribution >= 0.6 is 11.6 Å². The number of nitrogens with one attached hydrogen (secondary N) is 1. The van der Waals surface area contributed by atoms with Gasteiger partial charge in [0.05, 0.1) is 99.3 Å². The van der Waals surface area contributed by atoms with Crippen LogP contribution in [0.1, 0.15) is 22.5 Å². The van der Waals surface area contributed by atoms with Crippen LogP contribution in [-0.4, -0.2) is 77.5 Å². The Kier molecular flexibility index (Phi) is 11.8. The number of halogens is 5. The Morgan fingerprint density at radius 3 is 1.70 bits per heavy atom. The summed E-state index contributed by atoms with van der Waals surface area (Å²) in [5.74, 6) is -2.02. The summed E-state index contributed by atoms with van der Waals surface area (Å²) in [5, 5.41) is 4.09. The zero-order valence-corrected chi connectivity index (χ0v) is 34.2. The Labute approximate surface area is 349 Å². The fourth-order valence-corrected chi connectivity index (χ4v) is 7.74. The summed E-state index contributed by atoms with van der Waals surface area (Å²) >= 11 is 6.25. The highest BCUT2D eigenvalue weighted by Crippen LogP contribution is 2.40. The Balaban J connectivity index is 0.000000200. The molecule has 2 aromatic carbocycles.